The van der Waals surface area contributed by atoms with E-state index < -0.39 is 33.1 Å². The summed E-state index contributed by atoms with van der Waals surface area (Å²) in [6.07, 6.45) is -3.60. The number of likely N-dealkylation sites (N-methyl/N-ethyl adjacent to an activating group) is 1. The summed E-state index contributed by atoms with van der Waals surface area (Å²) < 4.78 is 54.7. The minimum Gasteiger partial charge on any atom is -0.378 e. The average Bonchev–Trinajstić information content (AvgIpc) is 2.73. The van der Waals surface area contributed by atoms with Gasteiger partial charge >= 0.3 is 6.18 Å². The minimum atomic E-state index is -4.84. The number of quaternary nitrogens is 1. The molecule has 1 heterocycles. The zero-order valence-electron chi connectivity index (χ0n) is 14.6. The van der Waals surface area contributed by atoms with Gasteiger partial charge in [0.15, 0.2) is 5.75 Å². The minimum absolute atomic E-state index is 0.201. The number of nitrogens with one attached hydrogen (secondary N) is 1. The normalized spacial score (nSPS) is 19.9. The summed E-state index contributed by atoms with van der Waals surface area (Å²) in [6.45, 7) is 4.36. The molecule has 0 radical (unpaired) electrons. The second-order valence-corrected chi connectivity index (χ2v) is 7.15. The molecule has 0 aliphatic carbocycles. The number of benzene rings is 1. The summed E-state index contributed by atoms with van der Waals surface area (Å²) >= 11 is 18.1. The number of hydroxylamine groups is 1. The lowest BCUT2D eigenvalue weighted by atomic mass is 10.1. The van der Waals surface area contributed by atoms with Gasteiger partial charge in [0, 0.05) is 12.5 Å². The van der Waals surface area contributed by atoms with E-state index in [0.717, 1.165) is 19.1 Å². The van der Waals surface area contributed by atoms with Crippen molar-refractivity contribution in [2.75, 3.05) is 13.6 Å². The van der Waals surface area contributed by atoms with Crippen LogP contribution in [0.5, 0.6) is 5.75 Å². The number of allylic oxidation sites excluding steroid dienone is 3. The van der Waals surface area contributed by atoms with E-state index in [2.05, 4.69) is 6.58 Å². The Morgan fingerprint density at radius 2 is 1.93 bits per heavy atom. The van der Waals surface area contributed by atoms with E-state index in [-0.39, 0.29) is 33.6 Å². The van der Waals surface area contributed by atoms with E-state index >= 15 is 0 Å². The summed E-state index contributed by atoms with van der Waals surface area (Å²) in [5.74, 6) is -1.75. The van der Waals surface area contributed by atoms with Crippen molar-refractivity contribution in [3.63, 3.8) is 0 Å². The maximum absolute atomic E-state index is 14.6. The predicted molar refractivity (Wildman–Crippen MR) is 98.8 cm³/mol. The Kier molecular flexibility index (Phi) is 6.40. The maximum atomic E-state index is 14.6. The molecule has 11 heteroatoms. The van der Waals surface area contributed by atoms with Crippen molar-refractivity contribution in [2.45, 2.75) is 13.1 Å². The topological polar surface area (TPSA) is 38.3 Å². The number of hydrogen-bond acceptors (Lipinski definition) is 2. The largest absolute Gasteiger partial charge is 0.469 e. The molecule has 1 aromatic rings. The summed E-state index contributed by atoms with van der Waals surface area (Å²) in [6, 6.07) is 1.82. The first-order valence-corrected chi connectivity index (χ1v) is 8.75. The van der Waals surface area contributed by atoms with Crippen LogP contribution in [0.3, 0.4) is 0 Å². The lowest BCUT2D eigenvalue weighted by molar-refractivity contribution is -0.827. The molecule has 1 aromatic carbocycles. The molecule has 1 unspecified atom stereocenters. The van der Waals surface area contributed by atoms with Crippen molar-refractivity contribution in [1.82, 2.24) is 5.48 Å². The van der Waals surface area contributed by atoms with Gasteiger partial charge in [0.2, 0.25) is 16.8 Å². The Labute approximate surface area is 173 Å². The van der Waals surface area contributed by atoms with Gasteiger partial charge in [0.25, 0.3) is 0 Å². The number of halogens is 7. The molecular weight excluding hydrogens is 447 g/mol. The van der Waals surface area contributed by atoms with E-state index in [1.807, 2.05) is 5.48 Å². The van der Waals surface area contributed by atoms with E-state index in [4.69, 9.17) is 39.6 Å². The monoisotopic (exact) mass is 459 g/mol. The number of carbonyl (C=O) groups excluding carboxylic acids is 1. The highest BCUT2D eigenvalue weighted by Gasteiger charge is 2.57. The highest BCUT2D eigenvalue weighted by Crippen LogP contribution is 2.53. The van der Waals surface area contributed by atoms with Gasteiger partial charge in [-0.3, -0.25) is 4.79 Å². The van der Waals surface area contributed by atoms with Gasteiger partial charge in [-0.15, -0.1) is 0 Å². The van der Waals surface area contributed by atoms with Crippen LogP contribution >= 0.6 is 34.8 Å². The molecule has 0 bridgehead atoms. The number of amides is 1. The van der Waals surface area contributed by atoms with Gasteiger partial charge in [0.05, 0.1) is 17.6 Å². The van der Waals surface area contributed by atoms with Gasteiger partial charge < -0.3 is 4.84 Å². The van der Waals surface area contributed by atoms with Crippen molar-refractivity contribution in [1.29, 1.82) is 0 Å². The van der Waals surface area contributed by atoms with Crippen LogP contribution in [0.15, 0.2) is 40.7 Å². The average molecular weight is 461 g/mol. The fourth-order valence-corrected chi connectivity index (χ4v) is 3.83. The van der Waals surface area contributed by atoms with E-state index in [0.29, 0.717) is 0 Å². The molecule has 0 spiro atoms. The first-order valence-electron chi connectivity index (χ1n) is 7.62. The number of alkyl halides is 3. The maximum Gasteiger partial charge on any atom is 0.469 e. The molecule has 28 heavy (non-hydrogen) atoms. The highest BCUT2D eigenvalue weighted by molar-refractivity contribution is 6.42. The zero-order chi connectivity index (χ0) is 21.4. The molecule has 0 saturated carbocycles. The number of hydrogen-bond donors (Lipinski definition) is 1. The van der Waals surface area contributed by atoms with Crippen molar-refractivity contribution in [3.8, 4) is 5.75 Å². The molecule has 0 aromatic heterocycles. The fraction of sp³-hybridized carbons (Fsp3) is 0.235. The van der Waals surface area contributed by atoms with Gasteiger partial charge in [-0.05, 0) is 29.8 Å². The molecule has 152 valence electrons. The van der Waals surface area contributed by atoms with Crippen molar-refractivity contribution < 1.29 is 31.7 Å². The van der Waals surface area contributed by atoms with Gasteiger partial charge in [-0.1, -0.05) is 29.8 Å². The van der Waals surface area contributed by atoms with Gasteiger partial charge in [-0.25, -0.2) is 8.87 Å². The summed E-state index contributed by atoms with van der Waals surface area (Å²) in [5, 5.41) is -1.33. The molecule has 2 rings (SSSR count). The van der Waals surface area contributed by atoms with Gasteiger partial charge in [-0.2, -0.15) is 18.7 Å². The third-order valence-electron chi connectivity index (χ3n) is 3.92. The Hall–Kier alpha value is -1.74. The number of rotatable bonds is 5. The van der Waals surface area contributed by atoms with E-state index in [1.165, 1.54) is 13.1 Å². The van der Waals surface area contributed by atoms with Crippen molar-refractivity contribution in [2.24, 2.45) is 0 Å². The van der Waals surface area contributed by atoms with Crippen LogP contribution in [0.2, 0.25) is 5.02 Å². The smallest absolute Gasteiger partial charge is 0.378 e. The standard InChI is InChI=1S/C17H13Cl3F4N2O2/c1-4-5-26(3)15(17(22,23)24)14(19)13(16(26)20)9-6-12(28-25-8(2)27)10(18)7-11(9)21/h4,6-7H,1,5H2,2-3H3/p+1. The Morgan fingerprint density at radius 3 is 2.43 bits per heavy atom. The Morgan fingerprint density at radius 1 is 1.32 bits per heavy atom. The van der Waals surface area contributed by atoms with Crippen LogP contribution in [0.1, 0.15) is 12.5 Å². The molecule has 1 amide bonds. The quantitative estimate of drug-likeness (QED) is 0.208. The second-order valence-electron chi connectivity index (χ2n) is 6.01. The van der Waals surface area contributed by atoms with Crippen LogP contribution in [-0.2, 0) is 4.79 Å². The Balaban J connectivity index is 2.73. The number of carbonyl (C=O) groups is 1. The third kappa shape index (κ3) is 4.00. The molecule has 1 aliphatic heterocycles. The third-order valence-corrected chi connectivity index (χ3v) is 5.14. The van der Waals surface area contributed by atoms with Crippen LogP contribution in [0, 0.1) is 5.82 Å². The van der Waals surface area contributed by atoms with Gasteiger partial charge in [0.1, 0.15) is 17.4 Å². The van der Waals surface area contributed by atoms with Crippen LogP contribution < -0.4 is 10.3 Å². The SMILES string of the molecule is C=CC[N+]1(C)C(Cl)=C(c2cc(ONC(C)=O)c(Cl)cc2F)C(Cl)=C1C(F)(F)F. The summed E-state index contributed by atoms with van der Waals surface area (Å²) in [5.41, 5.74) is 0.108. The van der Waals surface area contributed by atoms with Crippen LogP contribution in [0.25, 0.3) is 5.57 Å². The van der Waals surface area contributed by atoms with Crippen molar-refractivity contribution >= 4 is 46.3 Å². The van der Waals surface area contributed by atoms with Crippen LogP contribution in [-0.4, -0.2) is 30.2 Å². The summed E-state index contributed by atoms with van der Waals surface area (Å²) in [7, 11) is 1.19. The molecule has 1 N–H and O–H groups in total. The zero-order valence-corrected chi connectivity index (χ0v) is 16.8. The van der Waals surface area contributed by atoms with E-state index in [9.17, 15) is 22.4 Å². The second kappa shape index (κ2) is 7.94. The molecular formula is C17H14Cl3F4N2O2+. The first-order chi connectivity index (χ1) is 12.8. The lowest BCUT2D eigenvalue weighted by Crippen LogP contribution is -2.44. The predicted octanol–water partition coefficient (Wildman–Crippen LogP) is 5.48. The summed E-state index contributed by atoms with van der Waals surface area (Å²) in [4.78, 5) is 16.0. The fourth-order valence-electron chi connectivity index (χ4n) is 2.76. The first kappa shape index (κ1) is 22.5. The van der Waals surface area contributed by atoms with E-state index in [1.54, 1.807) is 0 Å². The molecule has 0 saturated heterocycles. The number of nitrogens with zero attached hydrogens (tertiary/aromatic N) is 1. The van der Waals surface area contributed by atoms with Crippen molar-refractivity contribution in [3.05, 3.63) is 57.1 Å². The highest BCUT2D eigenvalue weighted by atomic mass is 35.5. The molecule has 0 fully saturated rings. The Bertz CT molecular complexity index is 912. The van der Waals surface area contributed by atoms with Crippen LogP contribution in [0.4, 0.5) is 17.6 Å². The molecule has 4 nitrogen and oxygen atoms in total. The lowest BCUT2D eigenvalue weighted by Gasteiger charge is -2.31. The molecule has 1 atom stereocenters. The molecule has 1 aliphatic rings.